The van der Waals surface area contributed by atoms with Gasteiger partial charge in [-0.05, 0) is 42.2 Å². The third-order valence-electron chi connectivity index (χ3n) is 5.84. The smallest absolute Gasteiger partial charge is 0.351 e. The summed E-state index contributed by atoms with van der Waals surface area (Å²) in [6.07, 6.45) is -5.14. The van der Waals surface area contributed by atoms with Gasteiger partial charge in [0.05, 0.1) is 6.54 Å². The SMILES string of the molecule is CC(C)CC(NCl)C(=O)NC(CC(=O)N1CCn2c(nnc2C(F)(F)F)C1)Cc1cc(F)c(F)cc1F. The molecule has 0 bridgehead atoms. The molecule has 0 aliphatic carbocycles. The molecule has 0 saturated carbocycles. The fraction of sp³-hybridized carbons (Fsp3) is 0.545. The summed E-state index contributed by atoms with van der Waals surface area (Å²) in [6.45, 7) is 3.15. The zero-order valence-electron chi connectivity index (χ0n) is 19.9. The number of fused-ring (bicyclic) bond motifs is 1. The van der Waals surface area contributed by atoms with Crippen molar-refractivity contribution in [3.8, 4) is 0 Å². The highest BCUT2D eigenvalue weighted by Crippen LogP contribution is 2.29. The Morgan fingerprint density at radius 1 is 1.08 bits per heavy atom. The molecule has 0 fully saturated rings. The van der Waals surface area contributed by atoms with Crippen molar-refractivity contribution in [3.63, 3.8) is 0 Å². The maximum atomic E-state index is 14.3. The largest absolute Gasteiger partial charge is 0.451 e. The Hall–Kier alpha value is -2.87. The molecule has 3 rings (SSSR count). The molecule has 2 amide bonds. The molecule has 2 unspecified atom stereocenters. The van der Waals surface area contributed by atoms with Gasteiger partial charge in [-0.25, -0.2) is 18.0 Å². The van der Waals surface area contributed by atoms with E-state index in [0.717, 1.165) is 4.57 Å². The number of carbonyl (C=O) groups excluding carboxylic acids is 2. The Kier molecular flexibility index (Phi) is 9.05. The minimum atomic E-state index is -4.70. The van der Waals surface area contributed by atoms with Crippen LogP contribution in [0.3, 0.4) is 0 Å². The Balaban J connectivity index is 1.79. The molecule has 2 aromatic rings. The lowest BCUT2D eigenvalue weighted by molar-refractivity contribution is -0.148. The van der Waals surface area contributed by atoms with Crippen molar-refractivity contribution >= 4 is 23.6 Å². The van der Waals surface area contributed by atoms with Crippen LogP contribution in [-0.4, -0.2) is 50.1 Å². The first-order valence-corrected chi connectivity index (χ1v) is 11.7. The first kappa shape index (κ1) is 28.7. The second kappa shape index (κ2) is 11.7. The van der Waals surface area contributed by atoms with Crippen LogP contribution in [0.4, 0.5) is 26.3 Å². The molecule has 1 aromatic carbocycles. The van der Waals surface area contributed by atoms with Gasteiger partial charge >= 0.3 is 6.18 Å². The van der Waals surface area contributed by atoms with Gasteiger partial charge in [-0.3, -0.25) is 9.59 Å². The van der Waals surface area contributed by atoms with Gasteiger partial charge in [0.1, 0.15) is 11.9 Å². The fourth-order valence-electron chi connectivity index (χ4n) is 4.05. The van der Waals surface area contributed by atoms with E-state index in [9.17, 15) is 35.9 Å². The number of alkyl halides is 3. The van der Waals surface area contributed by atoms with Gasteiger partial charge in [0, 0.05) is 31.6 Å². The molecule has 0 spiro atoms. The van der Waals surface area contributed by atoms with Crippen molar-refractivity contribution in [2.75, 3.05) is 6.54 Å². The first-order chi connectivity index (χ1) is 17.3. The lowest BCUT2D eigenvalue weighted by atomic mass is 9.99. The van der Waals surface area contributed by atoms with E-state index in [-0.39, 0.29) is 43.4 Å². The van der Waals surface area contributed by atoms with E-state index in [2.05, 4.69) is 20.3 Å². The predicted molar refractivity (Wildman–Crippen MR) is 119 cm³/mol. The van der Waals surface area contributed by atoms with Crippen molar-refractivity contribution in [2.24, 2.45) is 5.92 Å². The summed E-state index contributed by atoms with van der Waals surface area (Å²) in [5.74, 6) is -6.10. The molecule has 0 radical (unpaired) electrons. The monoisotopic (exact) mass is 554 g/mol. The van der Waals surface area contributed by atoms with Gasteiger partial charge in [0.25, 0.3) is 0 Å². The molecule has 204 valence electrons. The molecule has 1 aliphatic rings. The van der Waals surface area contributed by atoms with E-state index >= 15 is 0 Å². The number of nitrogens with one attached hydrogen (secondary N) is 2. The fourth-order valence-corrected chi connectivity index (χ4v) is 4.24. The number of aromatic nitrogens is 3. The Morgan fingerprint density at radius 3 is 2.38 bits per heavy atom. The second-order valence-electron chi connectivity index (χ2n) is 9.17. The average molecular weight is 555 g/mol. The summed E-state index contributed by atoms with van der Waals surface area (Å²) in [7, 11) is 0. The predicted octanol–water partition coefficient (Wildman–Crippen LogP) is 3.33. The maximum absolute atomic E-state index is 14.3. The molecule has 0 saturated heterocycles. The van der Waals surface area contributed by atoms with Crippen LogP contribution in [0, 0.1) is 23.4 Å². The van der Waals surface area contributed by atoms with Gasteiger partial charge in [0.15, 0.2) is 17.5 Å². The van der Waals surface area contributed by atoms with Gasteiger partial charge in [-0.15, -0.1) is 10.2 Å². The first-order valence-electron chi connectivity index (χ1n) is 11.4. The van der Waals surface area contributed by atoms with Crippen LogP contribution in [0.2, 0.25) is 0 Å². The van der Waals surface area contributed by atoms with Crippen LogP contribution in [0.1, 0.15) is 43.9 Å². The molecule has 2 heterocycles. The van der Waals surface area contributed by atoms with Crippen molar-refractivity contribution in [3.05, 3.63) is 46.8 Å². The third kappa shape index (κ3) is 7.12. The van der Waals surface area contributed by atoms with Crippen LogP contribution in [0.15, 0.2) is 12.1 Å². The number of halogens is 7. The van der Waals surface area contributed by atoms with Gasteiger partial charge in [-0.1, -0.05) is 13.8 Å². The highest BCUT2D eigenvalue weighted by molar-refractivity contribution is 6.15. The number of hydrogen-bond acceptors (Lipinski definition) is 5. The van der Waals surface area contributed by atoms with Crippen molar-refractivity contribution < 1.29 is 35.9 Å². The van der Waals surface area contributed by atoms with Crippen LogP contribution in [0.5, 0.6) is 0 Å². The normalized spacial score (nSPS) is 15.5. The lowest BCUT2D eigenvalue weighted by Crippen LogP contribution is -2.49. The van der Waals surface area contributed by atoms with Gasteiger partial charge < -0.3 is 14.8 Å². The zero-order chi connectivity index (χ0) is 27.5. The number of amides is 2. The summed E-state index contributed by atoms with van der Waals surface area (Å²) in [4.78, 5) is 29.4. The van der Waals surface area contributed by atoms with Crippen molar-refractivity contribution in [1.82, 2.24) is 29.8 Å². The van der Waals surface area contributed by atoms with E-state index < -0.39 is 59.8 Å². The molecule has 2 atom stereocenters. The zero-order valence-corrected chi connectivity index (χ0v) is 20.6. The van der Waals surface area contributed by atoms with Crippen molar-refractivity contribution in [1.29, 1.82) is 0 Å². The van der Waals surface area contributed by atoms with Crippen LogP contribution in [-0.2, 0) is 35.3 Å². The van der Waals surface area contributed by atoms with Crippen LogP contribution < -0.4 is 10.2 Å². The quantitative estimate of drug-likeness (QED) is 0.282. The number of benzene rings is 1. The van der Waals surface area contributed by atoms with E-state index in [1.807, 2.05) is 13.8 Å². The summed E-state index contributed by atoms with van der Waals surface area (Å²) in [5.41, 5.74) is -0.274. The number of hydrogen-bond donors (Lipinski definition) is 2. The Bertz CT molecular complexity index is 1140. The minimum absolute atomic E-state index is 0.0671. The van der Waals surface area contributed by atoms with E-state index in [0.29, 0.717) is 18.6 Å². The maximum Gasteiger partial charge on any atom is 0.451 e. The topological polar surface area (TPSA) is 92.2 Å². The van der Waals surface area contributed by atoms with Crippen LogP contribution >= 0.6 is 11.8 Å². The summed E-state index contributed by atoms with van der Waals surface area (Å²) < 4.78 is 81.6. The van der Waals surface area contributed by atoms with Crippen LogP contribution in [0.25, 0.3) is 0 Å². The second-order valence-corrected chi connectivity index (χ2v) is 9.39. The Labute approximate surface area is 213 Å². The van der Waals surface area contributed by atoms with Gasteiger partial charge in [-0.2, -0.15) is 13.2 Å². The minimum Gasteiger partial charge on any atom is -0.351 e. The van der Waals surface area contributed by atoms with Crippen molar-refractivity contribution in [2.45, 2.75) is 64.5 Å². The standard InChI is InChI=1S/C22H25ClF6N6O2/c1-11(2)5-17(31-23)20(37)30-13(6-12-7-15(25)16(26)9-14(12)24)8-19(36)34-3-4-35-18(10-34)32-33-21(35)22(27,28)29/h7,9,11,13,17,31H,3-6,8,10H2,1-2H3,(H,30,37). The third-order valence-corrected chi connectivity index (χ3v) is 6.10. The molecule has 8 nitrogen and oxygen atoms in total. The highest BCUT2D eigenvalue weighted by atomic mass is 35.5. The van der Waals surface area contributed by atoms with E-state index in [1.54, 1.807) is 0 Å². The molecular weight excluding hydrogens is 530 g/mol. The summed E-state index contributed by atoms with van der Waals surface area (Å²) in [6, 6.07) is -0.919. The van der Waals surface area contributed by atoms with E-state index in [1.165, 1.54) is 4.90 Å². The number of carbonyl (C=O) groups is 2. The molecule has 2 N–H and O–H groups in total. The van der Waals surface area contributed by atoms with E-state index in [4.69, 9.17) is 11.8 Å². The number of nitrogens with zero attached hydrogens (tertiary/aromatic N) is 4. The summed E-state index contributed by atoms with van der Waals surface area (Å²) in [5, 5.41) is 9.28. The number of rotatable bonds is 9. The molecule has 15 heteroatoms. The lowest BCUT2D eigenvalue weighted by Gasteiger charge is -2.30. The highest BCUT2D eigenvalue weighted by Gasteiger charge is 2.40. The summed E-state index contributed by atoms with van der Waals surface area (Å²) >= 11 is 5.69. The average Bonchev–Trinajstić information content (AvgIpc) is 3.24. The molecule has 1 aliphatic heterocycles. The van der Waals surface area contributed by atoms with Gasteiger partial charge in [0.2, 0.25) is 17.6 Å². The Morgan fingerprint density at radius 2 is 1.76 bits per heavy atom. The molecule has 1 aromatic heterocycles. The molecule has 37 heavy (non-hydrogen) atoms. The molecular formula is C22H25ClF6N6O2.